The molecule has 0 unspecified atom stereocenters. The number of rotatable bonds is 5. The molecule has 0 N–H and O–H groups in total. The van der Waals surface area contributed by atoms with Gasteiger partial charge in [-0.25, -0.2) is 0 Å². The Labute approximate surface area is 140 Å². The van der Waals surface area contributed by atoms with Crippen LogP contribution in [0.2, 0.25) is 0 Å². The molecule has 0 aromatic heterocycles. The van der Waals surface area contributed by atoms with Gasteiger partial charge in [0.05, 0.1) is 38.2 Å². The third-order valence-corrected chi connectivity index (χ3v) is 4.61. The number of allylic oxidation sites excluding steroid dienone is 2. The number of amides is 2. The fourth-order valence-corrected chi connectivity index (χ4v) is 3.29. The maximum atomic E-state index is 12.6. The molecule has 0 spiro atoms. The first-order valence-corrected chi connectivity index (χ1v) is 7.82. The smallest absolute Gasteiger partial charge is 0.233 e. The van der Waals surface area contributed by atoms with E-state index in [0.717, 1.165) is 4.90 Å². The van der Waals surface area contributed by atoms with E-state index >= 15 is 0 Å². The summed E-state index contributed by atoms with van der Waals surface area (Å²) in [5.41, 5.74) is 0.297. The third kappa shape index (κ3) is 2.68. The summed E-state index contributed by atoms with van der Waals surface area (Å²) >= 11 is 0. The first kappa shape index (κ1) is 16.2. The number of ketones is 1. The number of likely N-dealkylation sites (tertiary alicyclic amines) is 1. The predicted octanol–water partition coefficient (Wildman–Crippen LogP) is 1.84. The Kier molecular flexibility index (Phi) is 4.38. The highest BCUT2D eigenvalue weighted by atomic mass is 16.5. The molecule has 2 amide bonds. The van der Waals surface area contributed by atoms with Crippen LogP contribution in [0.1, 0.15) is 23.2 Å². The van der Waals surface area contributed by atoms with Crippen LogP contribution in [0.25, 0.3) is 0 Å². The number of hydrogen-bond donors (Lipinski definition) is 0. The van der Waals surface area contributed by atoms with Crippen molar-refractivity contribution in [3.63, 3.8) is 0 Å². The van der Waals surface area contributed by atoms with Crippen molar-refractivity contribution >= 4 is 17.6 Å². The normalized spacial score (nSPS) is 22.5. The van der Waals surface area contributed by atoms with Crippen LogP contribution >= 0.6 is 0 Å². The first-order chi connectivity index (χ1) is 11.6. The van der Waals surface area contributed by atoms with Gasteiger partial charge in [-0.1, -0.05) is 12.2 Å². The third-order valence-electron chi connectivity index (χ3n) is 4.61. The summed E-state index contributed by atoms with van der Waals surface area (Å²) in [5, 5.41) is 0. The highest BCUT2D eigenvalue weighted by molar-refractivity contribution is 6.10. The maximum Gasteiger partial charge on any atom is 0.233 e. The highest BCUT2D eigenvalue weighted by Gasteiger charge is 2.47. The molecule has 2 atom stereocenters. The topological polar surface area (TPSA) is 72.9 Å². The van der Waals surface area contributed by atoms with Gasteiger partial charge in [0.2, 0.25) is 11.8 Å². The number of carbonyl (C=O) groups is 3. The van der Waals surface area contributed by atoms with Crippen molar-refractivity contribution in [3.05, 3.63) is 35.9 Å². The Balaban J connectivity index is 1.83. The Morgan fingerprint density at radius 1 is 1.08 bits per heavy atom. The Bertz CT molecular complexity index is 698. The van der Waals surface area contributed by atoms with Gasteiger partial charge >= 0.3 is 0 Å². The minimum absolute atomic E-state index is 0.260. The monoisotopic (exact) mass is 329 g/mol. The van der Waals surface area contributed by atoms with Crippen molar-refractivity contribution in [1.82, 2.24) is 4.90 Å². The molecule has 1 heterocycles. The van der Waals surface area contributed by atoms with Gasteiger partial charge in [0.25, 0.3) is 0 Å². The second kappa shape index (κ2) is 6.47. The van der Waals surface area contributed by atoms with Crippen molar-refractivity contribution in [2.24, 2.45) is 11.8 Å². The predicted molar refractivity (Wildman–Crippen MR) is 86.0 cm³/mol. The number of nitrogens with zero attached hydrogens (tertiary/aromatic N) is 1. The lowest BCUT2D eigenvalue weighted by atomic mass is 9.85. The van der Waals surface area contributed by atoms with Gasteiger partial charge in [0.1, 0.15) is 11.5 Å². The molecule has 1 aromatic carbocycles. The molecule has 24 heavy (non-hydrogen) atoms. The average molecular weight is 329 g/mol. The Hall–Kier alpha value is -2.63. The van der Waals surface area contributed by atoms with Crippen LogP contribution in [-0.4, -0.2) is 43.3 Å². The lowest BCUT2D eigenvalue weighted by Gasteiger charge is -2.15. The molecule has 0 bridgehead atoms. The van der Waals surface area contributed by atoms with Gasteiger partial charge < -0.3 is 9.47 Å². The number of imide groups is 1. The molecule has 1 aliphatic carbocycles. The van der Waals surface area contributed by atoms with Crippen LogP contribution in [0, 0.1) is 11.8 Å². The summed E-state index contributed by atoms with van der Waals surface area (Å²) < 4.78 is 10.3. The first-order valence-electron chi connectivity index (χ1n) is 7.82. The largest absolute Gasteiger partial charge is 0.497 e. The Morgan fingerprint density at radius 3 is 2.25 bits per heavy atom. The lowest BCUT2D eigenvalue weighted by molar-refractivity contribution is -0.139. The molecule has 6 heteroatoms. The molecule has 126 valence electrons. The number of fused-ring (bicyclic) bond motifs is 1. The van der Waals surface area contributed by atoms with E-state index in [4.69, 9.17) is 9.47 Å². The molecule has 0 radical (unpaired) electrons. The van der Waals surface area contributed by atoms with E-state index in [9.17, 15) is 14.4 Å². The molecule has 6 nitrogen and oxygen atoms in total. The van der Waals surface area contributed by atoms with E-state index in [1.54, 1.807) is 18.2 Å². The quantitative estimate of drug-likeness (QED) is 0.468. The van der Waals surface area contributed by atoms with Gasteiger partial charge in [-0.3, -0.25) is 19.3 Å². The standard InChI is InChI=1S/C18H19NO5/c1-23-11-7-8-16(24-2)14(9-11)15(20)10-19-17(21)12-5-3-4-6-13(12)18(19)22/h3-4,7-9,12-13H,5-6,10H2,1-2H3/t12-,13-/m1/s1. The fraction of sp³-hybridized carbons (Fsp3) is 0.389. The Morgan fingerprint density at radius 2 is 1.71 bits per heavy atom. The molecule has 1 saturated heterocycles. The number of hydrogen-bond acceptors (Lipinski definition) is 5. The highest BCUT2D eigenvalue weighted by Crippen LogP contribution is 2.35. The van der Waals surface area contributed by atoms with Gasteiger partial charge in [0, 0.05) is 0 Å². The molecule has 1 aromatic rings. The zero-order valence-corrected chi connectivity index (χ0v) is 13.7. The summed E-state index contributed by atoms with van der Waals surface area (Å²) in [6.45, 7) is -0.270. The average Bonchev–Trinajstić information content (AvgIpc) is 2.86. The van der Waals surface area contributed by atoms with Gasteiger partial charge in [-0.2, -0.15) is 0 Å². The van der Waals surface area contributed by atoms with E-state index in [2.05, 4.69) is 0 Å². The second-order valence-electron chi connectivity index (χ2n) is 5.91. The molecule has 1 aliphatic heterocycles. The molecular weight excluding hydrogens is 310 g/mol. The van der Waals surface area contributed by atoms with E-state index < -0.39 is 0 Å². The molecule has 0 saturated carbocycles. The van der Waals surface area contributed by atoms with Crippen LogP contribution in [-0.2, 0) is 9.59 Å². The number of carbonyl (C=O) groups excluding carboxylic acids is 3. The van der Waals surface area contributed by atoms with E-state index in [1.807, 2.05) is 12.2 Å². The van der Waals surface area contributed by atoms with Crippen molar-refractivity contribution in [2.45, 2.75) is 12.8 Å². The molecular formula is C18H19NO5. The van der Waals surface area contributed by atoms with Crippen LogP contribution in [0.5, 0.6) is 11.5 Å². The van der Waals surface area contributed by atoms with Crippen molar-refractivity contribution in [2.75, 3.05) is 20.8 Å². The summed E-state index contributed by atoms with van der Waals surface area (Å²) in [6, 6.07) is 4.87. The van der Waals surface area contributed by atoms with Crippen molar-refractivity contribution in [1.29, 1.82) is 0 Å². The van der Waals surface area contributed by atoms with Crippen LogP contribution in [0.3, 0.4) is 0 Å². The molecule has 2 aliphatic rings. The van der Waals surface area contributed by atoms with Crippen LogP contribution in [0.15, 0.2) is 30.4 Å². The number of ether oxygens (including phenoxy) is 2. The maximum absolute atomic E-state index is 12.6. The number of Topliss-reactive ketones (excluding diaryl/α,β-unsaturated/α-hetero) is 1. The SMILES string of the molecule is COc1ccc(OC)c(C(=O)CN2C(=O)[C@@H]3CC=CC[C@H]3C2=O)c1. The minimum atomic E-state index is -0.348. The number of benzene rings is 1. The molecule has 1 fully saturated rings. The van der Waals surface area contributed by atoms with Gasteiger partial charge in [-0.05, 0) is 31.0 Å². The zero-order valence-electron chi connectivity index (χ0n) is 13.7. The number of methoxy groups -OCH3 is 2. The summed E-state index contributed by atoms with van der Waals surface area (Å²) in [5.74, 6) is -0.631. The fourth-order valence-electron chi connectivity index (χ4n) is 3.29. The molecule has 3 rings (SSSR count). The van der Waals surface area contributed by atoms with Crippen LogP contribution in [0.4, 0.5) is 0 Å². The van der Waals surface area contributed by atoms with E-state index in [-0.39, 0.29) is 36.0 Å². The van der Waals surface area contributed by atoms with Gasteiger partial charge in [-0.15, -0.1) is 0 Å². The summed E-state index contributed by atoms with van der Waals surface area (Å²) in [4.78, 5) is 38.7. The van der Waals surface area contributed by atoms with Crippen molar-refractivity contribution < 1.29 is 23.9 Å². The summed E-state index contributed by atoms with van der Waals surface area (Å²) in [6.07, 6.45) is 4.95. The minimum Gasteiger partial charge on any atom is -0.497 e. The second-order valence-corrected chi connectivity index (χ2v) is 5.91. The summed E-state index contributed by atoms with van der Waals surface area (Å²) in [7, 11) is 2.96. The van der Waals surface area contributed by atoms with Crippen molar-refractivity contribution in [3.8, 4) is 11.5 Å². The van der Waals surface area contributed by atoms with Crippen LogP contribution < -0.4 is 9.47 Å². The van der Waals surface area contributed by atoms with E-state index in [1.165, 1.54) is 14.2 Å². The lowest BCUT2D eigenvalue weighted by Crippen LogP contribution is -2.36. The van der Waals surface area contributed by atoms with E-state index in [0.29, 0.717) is 29.9 Å². The zero-order chi connectivity index (χ0) is 17.3. The van der Waals surface area contributed by atoms with Gasteiger partial charge in [0.15, 0.2) is 5.78 Å².